The molecule has 2 fully saturated rings. The fourth-order valence-electron chi connectivity index (χ4n) is 2.23. The average molecular weight is 357 g/mol. The Hall–Kier alpha value is -0.810. The molecule has 114 valence electrons. The maximum absolute atomic E-state index is 14.3. The number of nitrogens with one attached hydrogen (secondary N) is 1. The van der Waals surface area contributed by atoms with Crippen LogP contribution in [0.4, 0.5) is 9.18 Å². The highest BCUT2D eigenvalue weighted by atomic mass is 79.9. The maximum atomic E-state index is 14.3. The van der Waals surface area contributed by atoms with Gasteiger partial charge < -0.3 is 19.7 Å². The quantitative estimate of drug-likeness (QED) is 0.562. The van der Waals surface area contributed by atoms with E-state index in [4.69, 9.17) is 14.6 Å². The van der Waals surface area contributed by atoms with E-state index in [0.29, 0.717) is 0 Å². The minimum absolute atomic E-state index is 0.0320. The number of alkyl halides is 2. The third kappa shape index (κ3) is 2.42. The molecule has 5 atom stereocenters. The maximum Gasteiger partial charge on any atom is 0.328 e. The van der Waals surface area contributed by atoms with Crippen LogP contribution in [0.15, 0.2) is 0 Å². The highest BCUT2D eigenvalue weighted by molar-refractivity contribution is 9.10. The van der Waals surface area contributed by atoms with E-state index < -0.39 is 47.8 Å². The molecule has 0 aliphatic carbocycles. The van der Waals surface area contributed by atoms with E-state index in [-0.39, 0.29) is 6.42 Å². The van der Waals surface area contributed by atoms with Gasteiger partial charge in [0.2, 0.25) is 0 Å². The number of halogens is 2. The minimum atomic E-state index is -2.64. The topological polar surface area (TPSA) is 108 Å². The van der Waals surface area contributed by atoms with Crippen LogP contribution in [0.2, 0.25) is 0 Å². The van der Waals surface area contributed by atoms with Crippen molar-refractivity contribution < 1.29 is 33.7 Å². The largest absolute Gasteiger partial charge is 0.394 e. The lowest BCUT2D eigenvalue weighted by Crippen LogP contribution is -2.68. The fraction of sp³-hybridized carbons (Fsp3) is 0.800. The molecule has 3 amide bonds. The van der Waals surface area contributed by atoms with Crippen molar-refractivity contribution in [2.75, 3.05) is 13.7 Å². The number of aliphatic hydroxyl groups excluding tert-OH is 2. The molecule has 0 unspecified atom stereocenters. The molecule has 2 saturated heterocycles. The molecule has 0 bridgehead atoms. The van der Waals surface area contributed by atoms with Crippen LogP contribution in [0.3, 0.4) is 0 Å². The first-order valence-corrected chi connectivity index (χ1v) is 6.61. The Kier molecular flexibility index (Phi) is 4.30. The number of aliphatic hydroxyl groups is 2. The average Bonchev–Trinajstić information content (AvgIpc) is 2.74. The zero-order valence-electron chi connectivity index (χ0n) is 10.5. The normalized spacial score (nSPS) is 42.0. The van der Waals surface area contributed by atoms with Gasteiger partial charge in [0.25, 0.3) is 10.5 Å². The molecule has 3 N–H and O–H groups in total. The number of rotatable bonds is 3. The van der Waals surface area contributed by atoms with Gasteiger partial charge >= 0.3 is 6.03 Å². The monoisotopic (exact) mass is 356 g/mol. The Labute approximate surface area is 121 Å². The van der Waals surface area contributed by atoms with Gasteiger partial charge in [-0.1, -0.05) is 0 Å². The van der Waals surface area contributed by atoms with Crippen LogP contribution in [0.25, 0.3) is 0 Å². The predicted molar refractivity (Wildman–Crippen MR) is 65.3 cm³/mol. The Morgan fingerprint density at radius 3 is 2.80 bits per heavy atom. The molecule has 2 rings (SSSR count). The molecule has 2 heterocycles. The molecule has 0 spiro atoms. The molecule has 0 radical (unpaired) electrons. The Bertz CT molecular complexity index is 423. The number of hydrogen-bond donors (Lipinski definition) is 3. The van der Waals surface area contributed by atoms with Crippen molar-refractivity contribution in [1.29, 1.82) is 0 Å². The van der Waals surface area contributed by atoms with E-state index in [0.717, 1.165) is 12.0 Å². The van der Waals surface area contributed by atoms with Crippen molar-refractivity contribution in [2.24, 2.45) is 0 Å². The van der Waals surface area contributed by atoms with Gasteiger partial charge in [0, 0.05) is 13.5 Å². The number of hydrogen-bond acceptors (Lipinski definition) is 6. The van der Waals surface area contributed by atoms with Gasteiger partial charge in [0.15, 0.2) is 6.23 Å². The van der Waals surface area contributed by atoms with Crippen molar-refractivity contribution in [3.05, 3.63) is 0 Å². The number of urea groups is 1. The van der Waals surface area contributed by atoms with E-state index in [9.17, 15) is 19.1 Å². The number of carbonyl (C=O) groups is 2. The van der Waals surface area contributed by atoms with Gasteiger partial charge in [-0.05, 0) is 15.9 Å². The first kappa shape index (κ1) is 15.6. The lowest BCUT2D eigenvalue weighted by atomic mass is 10.1. The molecule has 2 aliphatic heterocycles. The smallest absolute Gasteiger partial charge is 0.328 e. The van der Waals surface area contributed by atoms with Crippen LogP contribution in [-0.2, 0) is 14.3 Å². The van der Waals surface area contributed by atoms with E-state index in [1.807, 2.05) is 5.32 Å². The summed E-state index contributed by atoms with van der Waals surface area (Å²) in [6, 6.07) is -0.898. The van der Waals surface area contributed by atoms with E-state index in [1.165, 1.54) is 0 Å². The van der Waals surface area contributed by atoms with Crippen molar-refractivity contribution in [3.8, 4) is 0 Å². The second-order valence-corrected chi connectivity index (χ2v) is 5.65. The molecule has 8 nitrogen and oxygen atoms in total. The van der Waals surface area contributed by atoms with Crippen LogP contribution in [-0.4, -0.2) is 70.0 Å². The predicted octanol–water partition coefficient (Wildman–Crippen LogP) is -0.960. The first-order valence-electron chi connectivity index (χ1n) is 5.81. The summed E-state index contributed by atoms with van der Waals surface area (Å²) in [5, 5.41) is 20.5. The Balaban J connectivity index is 2.25. The van der Waals surface area contributed by atoms with Crippen molar-refractivity contribution in [2.45, 2.75) is 35.7 Å². The standard InChI is InChI=1S/C10H14BrFN2O6/c1-19-8-10(11,12)7(17)13-9(18)14(8)6-2-4(16)5(3-15)20-6/h4-6,8,15-16H,2-3H2,1H3,(H,13,17,18)/t4-,5-,6-,8+,10+/m0/s1. The van der Waals surface area contributed by atoms with Crippen molar-refractivity contribution >= 4 is 27.9 Å². The number of methoxy groups -OCH3 is 1. The number of imide groups is 1. The lowest BCUT2D eigenvalue weighted by molar-refractivity contribution is -0.169. The highest BCUT2D eigenvalue weighted by Crippen LogP contribution is 2.36. The Morgan fingerprint density at radius 2 is 2.30 bits per heavy atom. The summed E-state index contributed by atoms with van der Waals surface area (Å²) in [7, 11) is 1.13. The van der Waals surface area contributed by atoms with Gasteiger partial charge in [0.1, 0.15) is 12.3 Å². The van der Waals surface area contributed by atoms with Crippen molar-refractivity contribution in [3.63, 3.8) is 0 Å². The fourth-order valence-corrected chi connectivity index (χ4v) is 2.74. The molecular formula is C10H14BrFN2O6. The number of amides is 3. The summed E-state index contributed by atoms with van der Waals surface area (Å²) < 4.78 is 21.8. The summed E-state index contributed by atoms with van der Waals surface area (Å²) >= 11 is 2.58. The molecule has 0 aromatic heterocycles. The van der Waals surface area contributed by atoms with Crippen LogP contribution >= 0.6 is 15.9 Å². The van der Waals surface area contributed by atoms with Crippen LogP contribution < -0.4 is 5.32 Å². The summed E-state index contributed by atoms with van der Waals surface area (Å²) in [6.07, 6.45) is -4.49. The second-order valence-electron chi connectivity index (χ2n) is 4.49. The van der Waals surface area contributed by atoms with Gasteiger partial charge in [0.05, 0.1) is 12.7 Å². The molecule has 0 aromatic rings. The molecule has 0 saturated carbocycles. The van der Waals surface area contributed by atoms with Gasteiger partial charge in [-0.3, -0.25) is 15.0 Å². The molecule has 0 aromatic carbocycles. The summed E-state index contributed by atoms with van der Waals surface area (Å²) in [5.74, 6) is -1.18. The van der Waals surface area contributed by atoms with Crippen LogP contribution in [0.5, 0.6) is 0 Å². The SMILES string of the molecule is CO[C@H]1N([C@@H]2C[C@H](O)[C@H](CO)O2)C(=O)NC(=O)[C@]1(F)Br. The van der Waals surface area contributed by atoms with E-state index in [1.54, 1.807) is 0 Å². The number of ether oxygens (including phenoxy) is 2. The minimum Gasteiger partial charge on any atom is -0.394 e. The van der Waals surface area contributed by atoms with Gasteiger partial charge in [-0.2, -0.15) is 0 Å². The highest BCUT2D eigenvalue weighted by Gasteiger charge is 2.57. The summed E-state index contributed by atoms with van der Waals surface area (Å²) in [5.41, 5.74) is 0. The zero-order chi connectivity index (χ0) is 15.1. The van der Waals surface area contributed by atoms with Crippen LogP contribution in [0.1, 0.15) is 6.42 Å². The molecular weight excluding hydrogens is 343 g/mol. The third-order valence-corrected chi connectivity index (χ3v) is 3.99. The summed E-state index contributed by atoms with van der Waals surface area (Å²) in [4.78, 5) is 24.1. The van der Waals surface area contributed by atoms with Crippen molar-refractivity contribution in [1.82, 2.24) is 10.2 Å². The first-order chi connectivity index (χ1) is 9.32. The second kappa shape index (κ2) is 5.53. The van der Waals surface area contributed by atoms with Gasteiger partial charge in [-0.15, -0.1) is 0 Å². The zero-order valence-corrected chi connectivity index (χ0v) is 12.0. The molecule has 2 aliphatic rings. The number of carbonyl (C=O) groups excluding carboxylic acids is 2. The Morgan fingerprint density at radius 1 is 1.65 bits per heavy atom. The van der Waals surface area contributed by atoms with E-state index in [2.05, 4.69) is 15.9 Å². The molecule has 20 heavy (non-hydrogen) atoms. The third-order valence-electron chi connectivity index (χ3n) is 3.24. The van der Waals surface area contributed by atoms with E-state index >= 15 is 0 Å². The molecule has 10 heteroatoms. The van der Waals surface area contributed by atoms with Gasteiger partial charge in [-0.25, -0.2) is 9.18 Å². The lowest BCUT2D eigenvalue weighted by Gasteiger charge is -2.42. The number of nitrogens with zero attached hydrogens (tertiary/aromatic N) is 1. The summed E-state index contributed by atoms with van der Waals surface area (Å²) in [6.45, 7) is -0.446. The van der Waals surface area contributed by atoms with Crippen LogP contribution in [0, 0.1) is 0 Å².